The quantitative estimate of drug-likeness (QED) is 0.606. The molecule has 2 aromatic carbocycles. The van der Waals surface area contributed by atoms with Gasteiger partial charge in [-0.3, -0.25) is 9.59 Å². The van der Waals surface area contributed by atoms with Gasteiger partial charge in [-0.2, -0.15) is 0 Å². The molecule has 1 N–H and O–H groups in total. The minimum Gasteiger partial charge on any atom is -0.368 e. The van der Waals surface area contributed by atoms with Crippen molar-refractivity contribution < 1.29 is 9.59 Å². The number of piperazine rings is 1. The Labute approximate surface area is 195 Å². The molecule has 33 heavy (non-hydrogen) atoms. The van der Waals surface area contributed by atoms with E-state index in [0.717, 1.165) is 31.0 Å². The monoisotopic (exact) mass is 444 g/mol. The number of nitrogens with one attached hydrogen (secondary N) is 1. The molecule has 0 radical (unpaired) electrons. The summed E-state index contributed by atoms with van der Waals surface area (Å²) in [5.74, 6) is -0.0262. The Balaban J connectivity index is 1.26. The Kier molecular flexibility index (Phi) is 7.13. The van der Waals surface area contributed by atoms with Gasteiger partial charge in [0.1, 0.15) is 0 Å². The first-order valence-corrected chi connectivity index (χ1v) is 11.6. The van der Waals surface area contributed by atoms with Crippen LogP contribution in [0.3, 0.4) is 0 Å². The highest BCUT2D eigenvalue weighted by Gasteiger charge is 2.21. The first kappa shape index (κ1) is 22.6. The largest absolute Gasteiger partial charge is 0.368 e. The van der Waals surface area contributed by atoms with E-state index < -0.39 is 0 Å². The number of anilines is 1. The third kappa shape index (κ3) is 5.45. The number of amides is 2. The summed E-state index contributed by atoms with van der Waals surface area (Å²) in [4.78, 5) is 29.6. The Hall–Kier alpha value is -3.54. The second-order valence-corrected chi connectivity index (χ2v) is 8.57. The molecule has 0 aliphatic carbocycles. The average Bonchev–Trinajstić information content (AvgIpc) is 3.13. The van der Waals surface area contributed by atoms with Gasteiger partial charge >= 0.3 is 0 Å². The number of hydrogen-bond acceptors (Lipinski definition) is 3. The van der Waals surface area contributed by atoms with Crippen LogP contribution in [-0.4, -0.2) is 54.0 Å². The third-order valence-corrected chi connectivity index (χ3v) is 6.38. The van der Waals surface area contributed by atoms with E-state index in [2.05, 4.69) is 39.0 Å². The molecule has 0 spiro atoms. The molecule has 6 nitrogen and oxygen atoms in total. The molecule has 3 aromatic rings. The summed E-state index contributed by atoms with van der Waals surface area (Å²) in [6.07, 6.45) is 0.319. The van der Waals surface area contributed by atoms with Gasteiger partial charge in [-0.15, -0.1) is 0 Å². The summed E-state index contributed by atoms with van der Waals surface area (Å²) in [7, 11) is 0. The van der Waals surface area contributed by atoms with E-state index in [1.807, 2.05) is 61.2 Å². The maximum atomic E-state index is 12.8. The summed E-state index contributed by atoms with van der Waals surface area (Å²) in [5, 5.41) is 2.94. The standard InChI is InChI=1S/C27H32N4O2/c1-21-19-25(22(2)31(21)20-23-9-5-3-6-10-23)27(33)28-14-13-26(32)30-17-15-29(16-18-30)24-11-7-4-8-12-24/h3-12,19H,13-18,20H2,1-2H3,(H,28,33). The minimum atomic E-state index is -0.121. The van der Waals surface area contributed by atoms with Crippen molar-refractivity contribution in [1.82, 2.24) is 14.8 Å². The van der Waals surface area contributed by atoms with Crippen molar-refractivity contribution >= 4 is 17.5 Å². The first-order chi connectivity index (χ1) is 16.0. The molecular weight excluding hydrogens is 412 g/mol. The first-order valence-electron chi connectivity index (χ1n) is 11.6. The molecule has 6 heteroatoms. The van der Waals surface area contributed by atoms with E-state index in [1.165, 1.54) is 11.3 Å². The van der Waals surface area contributed by atoms with Gasteiger partial charge in [-0.05, 0) is 37.6 Å². The molecule has 0 saturated carbocycles. The van der Waals surface area contributed by atoms with E-state index in [1.54, 1.807) is 0 Å². The van der Waals surface area contributed by atoms with Crippen LogP contribution >= 0.6 is 0 Å². The molecular formula is C27H32N4O2. The highest BCUT2D eigenvalue weighted by atomic mass is 16.2. The second-order valence-electron chi connectivity index (χ2n) is 8.57. The Morgan fingerprint density at radius 2 is 1.52 bits per heavy atom. The molecule has 1 aliphatic heterocycles. The predicted octanol–water partition coefficient (Wildman–Crippen LogP) is 3.62. The van der Waals surface area contributed by atoms with Crippen LogP contribution in [0.2, 0.25) is 0 Å². The number of carbonyl (C=O) groups is 2. The molecule has 4 rings (SSSR count). The number of hydrogen-bond donors (Lipinski definition) is 1. The smallest absolute Gasteiger partial charge is 0.253 e. The van der Waals surface area contributed by atoms with Crippen LogP contribution in [0.5, 0.6) is 0 Å². The van der Waals surface area contributed by atoms with Crippen molar-refractivity contribution in [2.75, 3.05) is 37.6 Å². The van der Waals surface area contributed by atoms with Crippen molar-refractivity contribution in [2.45, 2.75) is 26.8 Å². The average molecular weight is 445 g/mol. The minimum absolute atomic E-state index is 0.0950. The fourth-order valence-electron chi connectivity index (χ4n) is 4.43. The van der Waals surface area contributed by atoms with Crippen molar-refractivity contribution in [2.24, 2.45) is 0 Å². The second kappa shape index (κ2) is 10.4. The molecule has 1 aliphatic rings. The number of nitrogens with zero attached hydrogens (tertiary/aromatic N) is 3. The maximum absolute atomic E-state index is 12.8. The predicted molar refractivity (Wildman–Crippen MR) is 132 cm³/mol. The lowest BCUT2D eigenvalue weighted by molar-refractivity contribution is -0.131. The molecule has 0 unspecified atom stereocenters. The van der Waals surface area contributed by atoms with Gasteiger partial charge in [0, 0.05) is 62.8 Å². The van der Waals surface area contributed by atoms with Crippen molar-refractivity contribution in [3.8, 4) is 0 Å². The van der Waals surface area contributed by atoms with Crippen LogP contribution in [-0.2, 0) is 11.3 Å². The van der Waals surface area contributed by atoms with Gasteiger partial charge < -0.3 is 19.7 Å². The van der Waals surface area contributed by atoms with Crippen molar-refractivity contribution in [3.05, 3.63) is 89.2 Å². The number of carbonyl (C=O) groups excluding carboxylic acids is 2. The summed E-state index contributed by atoms with van der Waals surface area (Å²) in [6.45, 7) is 8.15. The van der Waals surface area contributed by atoms with Gasteiger partial charge in [0.25, 0.3) is 5.91 Å². The number of rotatable bonds is 7. The van der Waals surface area contributed by atoms with E-state index in [4.69, 9.17) is 0 Å². The van der Waals surface area contributed by atoms with Gasteiger partial charge in [0.05, 0.1) is 5.56 Å². The zero-order chi connectivity index (χ0) is 23.2. The Morgan fingerprint density at radius 1 is 0.879 bits per heavy atom. The number of aryl methyl sites for hydroxylation is 1. The van der Waals surface area contributed by atoms with Crippen LogP contribution < -0.4 is 10.2 Å². The number of benzene rings is 2. The van der Waals surface area contributed by atoms with Crippen LogP contribution in [0.4, 0.5) is 5.69 Å². The molecule has 1 fully saturated rings. The Bertz CT molecular complexity index is 1080. The van der Waals surface area contributed by atoms with Crippen LogP contribution in [0.15, 0.2) is 66.7 Å². The lowest BCUT2D eigenvalue weighted by atomic mass is 10.2. The lowest BCUT2D eigenvalue weighted by Gasteiger charge is -2.36. The zero-order valence-corrected chi connectivity index (χ0v) is 19.5. The van der Waals surface area contributed by atoms with Gasteiger partial charge in [0.15, 0.2) is 0 Å². The van der Waals surface area contributed by atoms with E-state index in [0.29, 0.717) is 31.6 Å². The summed E-state index contributed by atoms with van der Waals surface area (Å²) in [6, 6.07) is 22.4. The van der Waals surface area contributed by atoms with Gasteiger partial charge in [-0.25, -0.2) is 0 Å². The molecule has 2 heterocycles. The van der Waals surface area contributed by atoms with E-state index >= 15 is 0 Å². The molecule has 1 aromatic heterocycles. The van der Waals surface area contributed by atoms with Crippen molar-refractivity contribution in [3.63, 3.8) is 0 Å². The van der Waals surface area contributed by atoms with Crippen molar-refractivity contribution in [1.29, 1.82) is 0 Å². The molecule has 2 amide bonds. The molecule has 1 saturated heterocycles. The number of aromatic nitrogens is 1. The Morgan fingerprint density at radius 3 is 2.18 bits per heavy atom. The molecule has 172 valence electrons. The normalized spacial score (nSPS) is 13.8. The van der Waals surface area contributed by atoms with Crippen LogP contribution in [0.1, 0.15) is 33.7 Å². The fraction of sp³-hybridized carbons (Fsp3) is 0.333. The highest BCUT2D eigenvalue weighted by molar-refractivity contribution is 5.96. The van der Waals surface area contributed by atoms with E-state index in [-0.39, 0.29) is 11.8 Å². The maximum Gasteiger partial charge on any atom is 0.253 e. The highest BCUT2D eigenvalue weighted by Crippen LogP contribution is 2.18. The van der Waals surface area contributed by atoms with Gasteiger partial charge in [0.2, 0.25) is 5.91 Å². The van der Waals surface area contributed by atoms with Gasteiger partial charge in [-0.1, -0.05) is 48.5 Å². The molecule has 0 bridgehead atoms. The van der Waals surface area contributed by atoms with Crippen LogP contribution in [0, 0.1) is 13.8 Å². The summed E-state index contributed by atoms with van der Waals surface area (Å²) < 4.78 is 2.15. The van der Waals surface area contributed by atoms with E-state index in [9.17, 15) is 9.59 Å². The van der Waals surface area contributed by atoms with Crippen LogP contribution in [0.25, 0.3) is 0 Å². The number of para-hydroxylation sites is 1. The SMILES string of the molecule is Cc1cc(C(=O)NCCC(=O)N2CCN(c3ccccc3)CC2)c(C)n1Cc1ccccc1. The summed E-state index contributed by atoms with van der Waals surface area (Å²) in [5.41, 5.74) is 5.06. The fourth-order valence-corrected chi connectivity index (χ4v) is 4.43. The summed E-state index contributed by atoms with van der Waals surface area (Å²) >= 11 is 0. The zero-order valence-electron chi connectivity index (χ0n) is 19.5. The molecule has 0 atom stereocenters. The third-order valence-electron chi connectivity index (χ3n) is 6.38. The lowest BCUT2D eigenvalue weighted by Crippen LogP contribution is -2.49. The topological polar surface area (TPSA) is 57.6 Å².